The molecule has 0 aliphatic rings. The first-order valence-electron chi connectivity index (χ1n) is 5.88. The van der Waals surface area contributed by atoms with E-state index in [-0.39, 0.29) is 0 Å². The Labute approximate surface area is 111 Å². The maximum absolute atomic E-state index is 9.22. The van der Waals surface area contributed by atoms with Gasteiger partial charge in [-0.1, -0.05) is 25.1 Å². The number of hydrogen-bond donors (Lipinski definition) is 1. The average molecular weight is 257 g/mol. The molecule has 0 saturated carbocycles. The number of thiazole rings is 1. The Morgan fingerprint density at radius 1 is 1.44 bits per heavy atom. The summed E-state index contributed by atoms with van der Waals surface area (Å²) in [5, 5.41) is 9.83. The maximum atomic E-state index is 9.22. The first-order valence-corrected chi connectivity index (χ1v) is 6.70. The van der Waals surface area contributed by atoms with Crippen LogP contribution >= 0.6 is 11.3 Å². The van der Waals surface area contributed by atoms with Gasteiger partial charge in [0.25, 0.3) is 0 Å². The number of hydrogen-bond acceptors (Lipinski definition) is 4. The van der Waals surface area contributed by atoms with Gasteiger partial charge in [0.05, 0.1) is 17.3 Å². The molecule has 1 aromatic carbocycles. The van der Waals surface area contributed by atoms with E-state index in [2.05, 4.69) is 18.0 Å². The van der Waals surface area contributed by atoms with Gasteiger partial charge in [-0.25, -0.2) is 4.98 Å². The van der Waals surface area contributed by atoms with E-state index in [9.17, 15) is 5.26 Å². The van der Waals surface area contributed by atoms with E-state index in [4.69, 9.17) is 5.73 Å². The first kappa shape index (κ1) is 12.6. The molecule has 2 N–H and O–H groups in total. The van der Waals surface area contributed by atoms with Crippen molar-refractivity contribution in [2.45, 2.75) is 26.7 Å². The molecule has 0 bridgehead atoms. The maximum Gasteiger partial charge on any atom is 0.180 e. The zero-order valence-electron chi connectivity index (χ0n) is 10.5. The number of aromatic nitrogens is 1. The molecule has 0 saturated heterocycles. The summed E-state index contributed by atoms with van der Waals surface area (Å²) < 4.78 is 0. The molecule has 0 atom stereocenters. The molecular weight excluding hydrogens is 242 g/mol. The second-order valence-corrected chi connectivity index (χ2v) is 5.29. The molecular formula is C14H15N3S. The lowest BCUT2D eigenvalue weighted by atomic mass is 9.99. The van der Waals surface area contributed by atoms with Gasteiger partial charge in [-0.2, -0.15) is 5.26 Å². The molecule has 2 aromatic rings. The summed E-state index contributed by atoms with van der Waals surface area (Å²) in [7, 11) is 0. The van der Waals surface area contributed by atoms with Crippen LogP contribution in [0.5, 0.6) is 0 Å². The SMILES string of the molecule is CCc1nc(N)sc1Cc1cccc(C)c1C#N. The van der Waals surface area contributed by atoms with Crippen molar-refractivity contribution < 1.29 is 0 Å². The largest absolute Gasteiger partial charge is 0.375 e. The van der Waals surface area contributed by atoms with Crippen molar-refractivity contribution >= 4 is 16.5 Å². The lowest BCUT2D eigenvalue weighted by Crippen LogP contribution is -1.96. The van der Waals surface area contributed by atoms with E-state index in [0.717, 1.165) is 40.1 Å². The summed E-state index contributed by atoms with van der Waals surface area (Å²) in [6.07, 6.45) is 1.61. The molecule has 0 aliphatic heterocycles. The molecule has 0 spiro atoms. The van der Waals surface area contributed by atoms with Gasteiger partial charge in [0, 0.05) is 11.3 Å². The second kappa shape index (κ2) is 5.19. The number of nitrogens with zero attached hydrogens (tertiary/aromatic N) is 2. The van der Waals surface area contributed by atoms with Crippen molar-refractivity contribution in [2.24, 2.45) is 0 Å². The summed E-state index contributed by atoms with van der Waals surface area (Å²) in [5.74, 6) is 0. The van der Waals surface area contributed by atoms with E-state index in [1.165, 1.54) is 11.3 Å². The molecule has 1 heterocycles. The molecule has 92 valence electrons. The summed E-state index contributed by atoms with van der Waals surface area (Å²) in [6, 6.07) is 8.23. The summed E-state index contributed by atoms with van der Waals surface area (Å²) in [5.41, 5.74) is 9.64. The summed E-state index contributed by atoms with van der Waals surface area (Å²) in [6.45, 7) is 4.03. The van der Waals surface area contributed by atoms with Crippen LogP contribution in [0.4, 0.5) is 5.13 Å². The molecule has 0 amide bonds. The topological polar surface area (TPSA) is 62.7 Å². The van der Waals surface area contributed by atoms with E-state index in [0.29, 0.717) is 5.13 Å². The summed E-state index contributed by atoms with van der Waals surface area (Å²) >= 11 is 1.52. The van der Waals surface area contributed by atoms with Crippen LogP contribution in [-0.4, -0.2) is 4.98 Å². The number of nitrogens with two attached hydrogens (primary N) is 1. The fourth-order valence-corrected chi connectivity index (χ4v) is 2.97. The van der Waals surface area contributed by atoms with Gasteiger partial charge in [-0.15, -0.1) is 11.3 Å². The third kappa shape index (κ3) is 2.36. The van der Waals surface area contributed by atoms with Crippen LogP contribution in [0.1, 0.15) is 34.2 Å². The van der Waals surface area contributed by atoms with Crippen LogP contribution in [0.2, 0.25) is 0 Å². The molecule has 0 aliphatic carbocycles. The van der Waals surface area contributed by atoms with Crippen LogP contribution in [0.15, 0.2) is 18.2 Å². The Bertz CT molecular complexity index is 608. The Balaban J connectivity index is 2.40. The highest BCUT2D eigenvalue weighted by Gasteiger charge is 2.12. The van der Waals surface area contributed by atoms with Gasteiger partial charge in [-0.05, 0) is 24.5 Å². The van der Waals surface area contributed by atoms with Crippen LogP contribution in [0.25, 0.3) is 0 Å². The molecule has 0 radical (unpaired) electrons. The van der Waals surface area contributed by atoms with E-state index >= 15 is 0 Å². The van der Waals surface area contributed by atoms with Gasteiger partial charge in [0.1, 0.15) is 0 Å². The van der Waals surface area contributed by atoms with Crippen LogP contribution in [0, 0.1) is 18.3 Å². The fourth-order valence-electron chi connectivity index (χ4n) is 2.03. The van der Waals surface area contributed by atoms with E-state index in [1.54, 1.807) is 0 Å². The number of nitrogen functional groups attached to an aromatic ring is 1. The van der Waals surface area contributed by atoms with Gasteiger partial charge in [0.15, 0.2) is 5.13 Å². The van der Waals surface area contributed by atoms with Crippen molar-refractivity contribution in [3.05, 3.63) is 45.5 Å². The smallest absolute Gasteiger partial charge is 0.180 e. The number of nitriles is 1. The van der Waals surface area contributed by atoms with Crippen molar-refractivity contribution in [1.29, 1.82) is 5.26 Å². The quantitative estimate of drug-likeness (QED) is 0.919. The van der Waals surface area contributed by atoms with Gasteiger partial charge in [-0.3, -0.25) is 0 Å². The highest BCUT2D eigenvalue weighted by atomic mass is 32.1. The standard InChI is InChI=1S/C14H15N3S/c1-3-12-13(18-14(16)17-12)7-10-6-4-5-9(2)11(10)8-15/h4-6H,3,7H2,1-2H3,(H2,16,17). The minimum absolute atomic E-state index is 0.605. The number of aryl methyl sites for hydroxylation is 2. The number of rotatable bonds is 3. The molecule has 2 rings (SSSR count). The number of benzene rings is 1. The van der Waals surface area contributed by atoms with Gasteiger partial charge in [0.2, 0.25) is 0 Å². The fraction of sp³-hybridized carbons (Fsp3) is 0.286. The van der Waals surface area contributed by atoms with Crippen molar-refractivity contribution in [3.8, 4) is 6.07 Å². The van der Waals surface area contributed by atoms with Crippen molar-refractivity contribution in [3.63, 3.8) is 0 Å². The molecule has 4 heteroatoms. The number of anilines is 1. The Morgan fingerprint density at radius 2 is 2.22 bits per heavy atom. The average Bonchev–Trinajstić information content (AvgIpc) is 2.70. The molecule has 3 nitrogen and oxygen atoms in total. The van der Waals surface area contributed by atoms with E-state index in [1.807, 2.05) is 25.1 Å². The molecule has 1 aromatic heterocycles. The Kier molecular flexibility index (Phi) is 3.63. The molecule has 18 heavy (non-hydrogen) atoms. The van der Waals surface area contributed by atoms with E-state index < -0.39 is 0 Å². The Hall–Kier alpha value is -1.86. The predicted octanol–water partition coefficient (Wildman–Crippen LogP) is 3.06. The third-order valence-corrected chi connectivity index (χ3v) is 3.88. The lowest BCUT2D eigenvalue weighted by molar-refractivity contribution is 1.02. The zero-order valence-corrected chi connectivity index (χ0v) is 11.3. The second-order valence-electron chi connectivity index (χ2n) is 4.17. The molecule has 0 unspecified atom stereocenters. The van der Waals surface area contributed by atoms with Crippen LogP contribution in [0.3, 0.4) is 0 Å². The minimum Gasteiger partial charge on any atom is -0.375 e. The molecule has 0 fully saturated rings. The van der Waals surface area contributed by atoms with Gasteiger partial charge >= 0.3 is 0 Å². The highest BCUT2D eigenvalue weighted by Crippen LogP contribution is 2.26. The first-order chi connectivity index (χ1) is 8.65. The predicted molar refractivity (Wildman–Crippen MR) is 74.6 cm³/mol. The summed E-state index contributed by atoms with van der Waals surface area (Å²) in [4.78, 5) is 5.48. The minimum atomic E-state index is 0.605. The Morgan fingerprint density at radius 3 is 2.89 bits per heavy atom. The lowest BCUT2D eigenvalue weighted by Gasteiger charge is -2.05. The van der Waals surface area contributed by atoms with Crippen LogP contribution < -0.4 is 5.73 Å². The third-order valence-electron chi connectivity index (χ3n) is 2.95. The highest BCUT2D eigenvalue weighted by molar-refractivity contribution is 7.15. The van der Waals surface area contributed by atoms with Gasteiger partial charge < -0.3 is 5.73 Å². The van der Waals surface area contributed by atoms with Crippen LogP contribution in [-0.2, 0) is 12.8 Å². The normalized spacial score (nSPS) is 10.3. The monoisotopic (exact) mass is 257 g/mol. The zero-order chi connectivity index (χ0) is 13.1. The van der Waals surface area contributed by atoms with Crippen molar-refractivity contribution in [2.75, 3.05) is 5.73 Å². The van der Waals surface area contributed by atoms with Crippen molar-refractivity contribution in [1.82, 2.24) is 4.98 Å².